The number of hydrogen-bond donors (Lipinski definition) is 1. The van der Waals surface area contributed by atoms with Gasteiger partial charge in [-0.2, -0.15) is 5.10 Å². The van der Waals surface area contributed by atoms with E-state index in [0.717, 1.165) is 11.1 Å². The summed E-state index contributed by atoms with van der Waals surface area (Å²) in [7, 11) is 0. The second-order valence-electron chi connectivity index (χ2n) is 6.14. The molecule has 0 aliphatic heterocycles. The van der Waals surface area contributed by atoms with Gasteiger partial charge in [0.15, 0.2) is 0 Å². The number of benzene rings is 2. The first-order valence-electron chi connectivity index (χ1n) is 8.13. The van der Waals surface area contributed by atoms with Crippen LogP contribution in [-0.4, -0.2) is 15.7 Å². The Morgan fingerprint density at radius 3 is 2.48 bits per heavy atom. The average molecular weight is 354 g/mol. The molecule has 0 spiro atoms. The fraction of sp³-hybridized carbons (Fsp3) is 0.200. The Labute approximate surface area is 152 Å². The molecule has 0 saturated heterocycles. The van der Waals surface area contributed by atoms with Crippen LogP contribution in [0.15, 0.2) is 54.7 Å². The van der Waals surface area contributed by atoms with E-state index in [9.17, 15) is 4.79 Å². The standard InChI is InChI=1S/C20H20ClN3O/c1-14-3-4-17(11-15(14)2)12-20(25)23-19-9-10-22-24(19)13-16-5-7-18(21)8-6-16/h3-11H,12-13H2,1-2H3,(H,23,25). The van der Waals surface area contributed by atoms with Crippen molar-refractivity contribution in [2.45, 2.75) is 26.8 Å². The Bertz CT molecular complexity index is 884. The molecule has 1 heterocycles. The molecule has 0 radical (unpaired) electrons. The van der Waals surface area contributed by atoms with Crippen LogP contribution in [0.5, 0.6) is 0 Å². The number of halogens is 1. The molecule has 128 valence electrons. The van der Waals surface area contributed by atoms with Crippen LogP contribution in [0.3, 0.4) is 0 Å². The predicted molar refractivity (Wildman–Crippen MR) is 101 cm³/mol. The largest absolute Gasteiger partial charge is 0.311 e. The first-order chi connectivity index (χ1) is 12.0. The average Bonchev–Trinajstić information content (AvgIpc) is 3.00. The van der Waals surface area contributed by atoms with Gasteiger partial charge in [0.1, 0.15) is 5.82 Å². The zero-order valence-electron chi connectivity index (χ0n) is 14.3. The SMILES string of the molecule is Cc1ccc(CC(=O)Nc2ccnn2Cc2ccc(Cl)cc2)cc1C. The highest BCUT2D eigenvalue weighted by atomic mass is 35.5. The van der Waals surface area contributed by atoms with Gasteiger partial charge in [-0.05, 0) is 48.2 Å². The van der Waals surface area contributed by atoms with Crippen molar-refractivity contribution < 1.29 is 4.79 Å². The third kappa shape index (κ3) is 4.48. The summed E-state index contributed by atoms with van der Waals surface area (Å²) in [5, 5.41) is 7.93. The van der Waals surface area contributed by atoms with E-state index >= 15 is 0 Å². The molecule has 3 aromatic rings. The van der Waals surface area contributed by atoms with E-state index in [1.807, 2.05) is 36.4 Å². The van der Waals surface area contributed by atoms with Crippen molar-refractivity contribution in [2.75, 3.05) is 5.32 Å². The number of carbonyl (C=O) groups excluding carboxylic acids is 1. The monoisotopic (exact) mass is 353 g/mol. The molecule has 0 bridgehead atoms. The molecular weight excluding hydrogens is 334 g/mol. The maximum Gasteiger partial charge on any atom is 0.229 e. The molecule has 0 saturated carbocycles. The van der Waals surface area contributed by atoms with E-state index in [1.165, 1.54) is 11.1 Å². The van der Waals surface area contributed by atoms with E-state index in [1.54, 1.807) is 16.9 Å². The minimum Gasteiger partial charge on any atom is -0.311 e. The Balaban J connectivity index is 1.66. The molecule has 0 atom stereocenters. The van der Waals surface area contributed by atoms with Gasteiger partial charge in [-0.1, -0.05) is 41.9 Å². The molecule has 0 aliphatic carbocycles. The van der Waals surface area contributed by atoms with Crippen LogP contribution in [0, 0.1) is 13.8 Å². The zero-order chi connectivity index (χ0) is 17.8. The van der Waals surface area contributed by atoms with E-state index < -0.39 is 0 Å². The Morgan fingerprint density at radius 1 is 1.04 bits per heavy atom. The molecule has 4 nitrogen and oxygen atoms in total. The number of nitrogens with one attached hydrogen (secondary N) is 1. The summed E-state index contributed by atoms with van der Waals surface area (Å²) in [5.41, 5.74) is 4.49. The van der Waals surface area contributed by atoms with Crippen molar-refractivity contribution >= 4 is 23.3 Å². The maximum absolute atomic E-state index is 12.4. The van der Waals surface area contributed by atoms with Crippen molar-refractivity contribution in [3.05, 3.63) is 82.0 Å². The number of rotatable bonds is 5. The second kappa shape index (κ2) is 7.53. The number of carbonyl (C=O) groups is 1. The fourth-order valence-corrected chi connectivity index (χ4v) is 2.74. The number of anilines is 1. The van der Waals surface area contributed by atoms with E-state index in [4.69, 9.17) is 11.6 Å². The van der Waals surface area contributed by atoms with Gasteiger partial charge >= 0.3 is 0 Å². The number of nitrogens with zero attached hydrogens (tertiary/aromatic N) is 2. The number of aryl methyl sites for hydroxylation is 2. The molecule has 25 heavy (non-hydrogen) atoms. The quantitative estimate of drug-likeness (QED) is 0.739. The number of amides is 1. The third-order valence-electron chi connectivity index (χ3n) is 4.17. The van der Waals surface area contributed by atoms with Crippen molar-refractivity contribution in [1.29, 1.82) is 0 Å². The Morgan fingerprint density at radius 2 is 1.76 bits per heavy atom. The lowest BCUT2D eigenvalue weighted by molar-refractivity contribution is -0.115. The van der Waals surface area contributed by atoms with Gasteiger partial charge in [0.25, 0.3) is 0 Å². The summed E-state index contributed by atoms with van der Waals surface area (Å²) in [6.45, 7) is 4.69. The number of hydrogen-bond acceptors (Lipinski definition) is 2. The lowest BCUT2D eigenvalue weighted by Gasteiger charge is -2.10. The van der Waals surface area contributed by atoms with Gasteiger partial charge in [0.05, 0.1) is 19.2 Å². The van der Waals surface area contributed by atoms with E-state index in [0.29, 0.717) is 23.8 Å². The van der Waals surface area contributed by atoms with Crippen LogP contribution in [-0.2, 0) is 17.8 Å². The highest BCUT2D eigenvalue weighted by Crippen LogP contribution is 2.15. The molecule has 1 aromatic heterocycles. The van der Waals surface area contributed by atoms with Crippen LogP contribution < -0.4 is 5.32 Å². The molecule has 5 heteroatoms. The van der Waals surface area contributed by atoms with Crippen molar-refractivity contribution in [1.82, 2.24) is 9.78 Å². The summed E-state index contributed by atoms with van der Waals surface area (Å²) in [5.74, 6) is 0.630. The molecule has 1 amide bonds. The maximum atomic E-state index is 12.4. The smallest absolute Gasteiger partial charge is 0.229 e. The van der Waals surface area contributed by atoms with Gasteiger partial charge in [-0.15, -0.1) is 0 Å². The zero-order valence-corrected chi connectivity index (χ0v) is 15.0. The molecule has 0 fully saturated rings. The summed E-state index contributed by atoms with van der Waals surface area (Å²) in [6.07, 6.45) is 2.02. The second-order valence-corrected chi connectivity index (χ2v) is 6.58. The first kappa shape index (κ1) is 17.2. The van der Waals surface area contributed by atoms with Crippen LogP contribution in [0.25, 0.3) is 0 Å². The van der Waals surface area contributed by atoms with Gasteiger partial charge in [0.2, 0.25) is 5.91 Å². The number of aromatic nitrogens is 2. The lowest BCUT2D eigenvalue weighted by atomic mass is 10.0. The van der Waals surface area contributed by atoms with E-state index in [2.05, 4.69) is 30.3 Å². The Hall–Kier alpha value is -2.59. The third-order valence-corrected chi connectivity index (χ3v) is 4.42. The van der Waals surface area contributed by atoms with Gasteiger partial charge in [-0.3, -0.25) is 4.79 Å². The van der Waals surface area contributed by atoms with Crippen molar-refractivity contribution in [3.8, 4) is 0 Å². The van der Waals surface area contributed by atoms with Crippen LogP contribution in [0.1, 0.15) is 22.3 Å². The summed E-state index contributed by atoms with van der Waals surface area (Å²) in [6, 6.07) is 15.5. The summed E-state index contributed by atoms with van der Waals surface area (Å²) < 4.78 is 1.77. The highest BCUT2D eigenvalue weighted by molar-refractivity contribution is 6.30. The minimum absolute atomic E-state index is 0.0545. The highest BCUT2D eigenvalue weighted by Gasteiger charge is 2.09. The molecule has 0 aliphatic rings. The first-order valence-corrected chi connectivity index (χ1v) is 8.51. The fourth-order valence-electron chi connectivity index (χ4n) is 2.61. The molecular formula is C20H20ClN3O. The molecule has 0 unspecified atom stereocenters. The van der Waals surface area contributed by atoms with Crippen molar-refractivity contribution in [3.63, 3.8) is 0 Å². The topological polar surface area (TPSA) is 46.9 Å². The molecule has 1 N–H and O–H groups in total. The normalized spacial score (nSPS) is 10.7. The Kier molecular flexibility index (Phi) is 5.19. The van der Waals surface area contributed by atoms with Crippen LogP contribution >= 0.6 is 11.6 Å². The molecule has 3 rings (SSSR count). The molecule has 2 aromatic carbocycles. The summed E-state index contributed by atoms with van der Waals surface area (Å²) >= 11 is 5.91. The minimum atomic E-state index is -0.0545. The van der Waals surface area contributed by atoms with Crippen LogP contribution in [0.2, 0.25) is 5.02 Å². The van der Waals surface area contributed by atoms with Gasteiger partial charge < -0.3 is 5.32 Å². The van der Waals surface area contributed by atoms with Crippen molar-refractivity contribution in [2.24, 2.45) is 0 Å². The predicted octanol–water partition coefficient (Wildman–Crippen LogP) is 4.38. The lowest BCUT2D eigenvalue weighted by Crippen LogP contribution is -2.18. The van der Waals surface area contributed by atoms with Gasteiger partial charge in [0, 0.05) is 11.1 Å². The van der Waals surface area contributed by atoms with Gasteiger partial charge in [-0.25, -0.2) is 4.68 Å². The summed E-state index contributed by atoms with van der Waals surface area (Å²) in [4.78, 5) is 12.4. The van der Waals surface area contributed by atoms with E-state index in [-0.39, 0.29) is 5.91 Å². The van der Waals surface area contributed by atoms with Crippen LogP contribution in [0.4, 0.5) is 5.82 Å².